The minimum atomic E-state index is -3.57. The monoisotopic (exact) mass is 706 g/mol. The van der Waals surface area contributed by atoms with Crippen LogP contribution in [0.25, 0.3) is 21.8 Å². The van der Waals surface area contributed by atoms with Crippen molar-refractivity contribution < 1.29 is 37.1 Å². The van der Waals surface area contributed by atoms with Crippen molar-refractivity contribution in [2.45, 2.75) is 44.6 Å². The molecule has 0 radical (unpaired) electrons. The molecular weight excluding hydrogens is 664 g/mol. The first-order valence-electron chi connectivity index (χ1n) is 16.8. The Kier molecular flexibility index (Phi) is 12.2. The number of ketones is 1. The molecule has 0 saturated carbocycles. The fourth-order valence-corrected chi connectivity index (χ4v) is 7.38. The number of carbonyl (C=O) groups is 5. The van der Waals surface area contributed by atoms with Gasteiger partial charge in [0, 0.05) is 79.7 Å². The lowest BCUT2D eigenvalue weighted by Crippen LogP contribution is -2.41. The molecule has 2 atom stereocenters. The topological polar surface area (TPSA) is 185 Å². The third-order valence-corrected chi connectivity index (χ3v) is 9.76. The van der Waals surface area contributed by atoms with E-state index in [1.165, 1.54) is 12.2 Å². The average Bonchev–Trinajstić information content (AvgIpc) is 3.71. The number of unbranched alkanes of at least 4 members (excludes halogenated alkanes) is 1. The van der Waals surface area contributed by atoms with Gasteiger partial charge in [0.25, 0.3) is 11.8 Å². The van der Waals surface area contributed by atoms with Crippen LogP contribution in [0.5, 0.6) is 0 Å². The highest BCUT2D eigenvalue weighted by atomic mass is 32.2. The molecule has 2 aromatic heterocycles. The van der Waals surface area contributed by atoms with Gasteiger partial charge in [0.2, 0.25) is 11.8 Å². The summed E-state index contributed by atoms with van der Waals surface area (Å²) >= 11 is 0. The van der Waals surface area contributed by atoms with E-state index in [0.29, 0.717) is 25.8 Å². The molecule has 266 valence electrons. The Hall–Kier alpha value is -4.76. The highest BCUT2D eigenvalue weighted by molar-refractivity contribution is 7.90. The van der Waals surface area contributed by atoms with Crippen LogP contribution in [-0.2, 0) is 38.5 Å². The van der Waals surface area contributed by atoms with Gasteiger partial charge in [-0.05, 0) is 49.9 Å². The summed E-state index contributed by atoms with van der Waals surface area (Å²) in [5.74, 6) is -3.12. The molecule has 3 aromatic rings. The van der Waals surface area contributed by atoms with E-state index in [-0.39, 0.29) is 69.2 Å². The number of nitrogens with zero attached hydrogens (tertiary/aromatic N) is 4. The first-order valence-corrected chi connectivity index (χ1v) is 18.8. The van der Waals surface area contributed by atoms with Crippen molar-refractivity contribution in [2.24, 2.45) is 5.92 Å². The van der Waals surface area contributed by atoms with Gasteiger partial charge in [-0.15, -0.1) is 0 Å². The SMILES string of the molecule is CS(=O)(=O)CC(CC(=O)C1CCCN1c1cc2cccnc2c2ncccc12)C(=O)NCCCCC(=O)NCCOCCN1C(=O)C=CC1=O. The van der Waals surface area contributed by atoms with Crippen molar-refractivity contribution in [3.8, 4) is 0 Å². The van der Waals surface area contributed by atoms with Gasteiger partial charge in [-0.1, -0.05) is 6.07 Å². The Balaban J connectivity index is 1.08. The number of imide groups is 1. The van der Waals surface area contributed by atoms with Gasteiger partial charge in [0.15, 0.2) is 5.78 Å². The summed E-state index contributed by atoms with van der Waals surface area (Å²) in [6.07, 6.45) is 9.23. The molecule has 0 bridgehead atoms. The van der Waals surface area contributed by atoms with E-state index >= 15 is 0 Å². The number of rotatable bonds is 18. The molecule has 4 heterocycles. The smallest absolute Gasteiger partial charge is 0.253 e. The molecule has 14 nitrogen and oxygen atoms in total. The number of benzene rings is 1. The van der Waals surface area contributed by atoms with Gasteiger partial charge >= 0.3 is 0 Å². The van der Waals surface area contributed by atoms with Gasteiger partial charge in [-0.3, -0.25) is 38.8 Å². The molecule has 50 heavy (non-hydrogen) atoms. The predicted molar refractivity (Wildman–Crippen MR) is 187 cm³/mol. The van der Waals surface area contributed by atoms with Crippen molar-refractivity contribution in [1.82, 2.24) is 25.5 Å². The number of aromatic nitrogens is 2. The van der Waals surface area contributed by atoms with E-state index in [1.54, 1.807) is 12.4 Å². The highest BCUT2D eigenvalue weighted by Crippen LogP contribution is 2.36. The lowest BCUT2D eigenvalue weighted by Gasteiger charge is -2.28. The lowest BCUT2D eigenvalue weighted by atomic mass is 9.97. The fourth-order valence-electron chi connectivity index (χ4n) is 6.38. The van der Waals surface area contributed by atoms with Crippen molar-refractivity contribution in [1.29, 1.82) is 0 Å². The number of fused-ring (bicyclic) bond motifs is 3. The summed E-state index contributed by atoms with van der Waals surface area (Å²) in [4.78, 5) is 74.4. The molecule has 2 aliphatic rings. The van der Waals surface area contributed by atoms with Crippen LogP contribution in [0.3, 0.4) is 0 Å². The Morgan fingerprint density at radius 3 is 2.48 bits per heavy atom. The van der Waals surface area contributed by atoms with Gasteiger partial charge in [0.1, 0.15) is 9.84 Å². The van der Waals surface area contributed by atoms with Crippen LogP contribution >= 0.6 is 0 Å². The second-order valence-corrected chi connectivity index (χ2v) is 14.7. The van der Waals surface area contributed by atoms with E-state index in [0.717, 1.165) is 45.1 Å². The van der Waals surface area contributed by atoms with Gasteiger partial charge < -0.3 is 20.3 Å². The molecule has 1 saturated heterocycles. The highest BCUT2D eigenvalue weighted by Gasteiger charge is 2.35. The Bertz CT molecular complexity index is 1880. The van der Waals surface area contributed by atoms with Crippen LogP contribution in [-0.4, -0.2) is 110 Å². The van der Waals surface area contributed by atoms with E-state index in [1.807, 2.05) is 35.2 Å². The molecule has 1 fully saturated rings. The molecule has 0 aliphatic carbocycles. The number of nitrogens with one attached hydrogen (secondary N) is 2. The summed E-state index contributed by atoms with van der Waals surface area (Å²) in [6, 6.07) is 9.09. The van der Waals surface area contributed by atoms with Crippen LogP contribution in [0, 0.1) is 5.92 Å². The summed E-state index contributed by atoms with van der Waals surface area (Å²) in [6.45, 7) is 1.65. The van der Waals surface area contributed by atoms with E-state index < -0.39 is 33.5 Å². The molecule has 2 aliphatic heterocycles. The first kappa shape index (κ1) is 36.5. The number of ether oxygens (including phenoxy) is 1. The molecule has 5 rings (SSSR count). The number of anilines is 1. The number of Topliss-reactive ketones (excluding diaryl/α,β-unsaturated/α-hetero) is 1. The molecule has 0 spiro atoms. The molecular formula is C35H42N6O8S. The third-order valence-electron chi connectivity index (χ3n) is 8.75. The van der Waals surface area contributed by atoms with Crippen molar-refractivity contribution in [3.05, 3.63) is 54.9 Å². The summed E-state index contributed by atoms with van der Waals surface area (Å²) < 4.78 is 30.0. The summed E-state index contributed by atoms with van der Waals surface area (Å²) in [7, 11) is -3.57. The predicted octanol–water partition coefficient (Wildman–Crippen LogP) is 1.72. The number of hydrogen-bond acceptors (Lipinski definition) is 11. The van der Waals surface area contributed by atoms with Gasteiger partial charge in [0.05, 0.1) is 48.5 Å². The maximum absolute atomic E-state index is 13.8. The van der Waals surface area contributed by atoms with Crippen LogP contribution in [0.1, 0.15) is 38.5 Å². The van der Waals surface area contributed by atoms with Crippen molar-refractivity contribution in [2.75, 3.05) is 56.3 Å². The zero-order chi connectivity index (χ0) is 35.7. The van der Waals surface area contributed by atoms with Crippen molar-refractivity contribution >= 4 is 66.7 Å². The van der Waals surface area contributed by atoms with Gasteiger partial charge in [-0.25, -0.2) is 8.42 Å². The number of amides is 4. The summed E-state index contributed by atoms with van der Waals surface area (Å²) in [5, 5.41) is 7.26. The van der Waals surface area contributed by atoms with E-state index in [4.69, 9.17) is 4.74 Å². The standard InChI is InChI=1S/C35H42N6O8S/c1-50(47,48)23-25(35(46)39-13-3-2-10-30(43)36-16-19-49-20-18-41-31(44)11-12-32(41)45)22-29(42)27-9-6-17-40(27)28-21-24-7-4-14-37-33(24)34-26(28)8-5-15-38-34/h4-5,7-8,11-12,14-15,21,25,27H,2-3,6,9-10,13,16-20,22-23H2,1H3,(H,36,43)(H,39,46). The van der Waals surface area contributed by atoms with Crippen LogP contribution in [0.4, 0.5) is 5.69 Å². The third kappa shape index (κ3) is 9.47. The zero-order valence-corrected chi connectivity index (χ0v) is 28.8. The van der Waals surface area contributed by atoms with Gasteiger partial charge in [-0.2, -0.15) is 0 Å². The molecule has 4 amide bonds. The molecule has 2 N–H and O–H groups in total. The fraction of sp³-hybridized carbons (Fsp3) is 0.457. The molecule has 15 heteroatoms. The quantitative estimate of drug-likeness (QED) is 0.112. The first-order chi connectivity index (χ1) is 24.0. The zero-order valence-electron chi connectivity index (χ0n) is 28.0. The summed E-state index contributed by atoms with van der Waals surface area (Å²) in [5.41, 5.74) is 2.36. The largest absolute Gasteiger partial charge is 0.378 e. The van der Waals surface area contributed by atoms with E-state index in [9.17, 15) is 32.4 Å². The van der Waals surface area contributed by atoms with Crippen LogP contribution < -0.4 is 15.5 Å². The Morgan fingerprint density at radius 1 is 0.980 bits per heavy atom. The normalized spacial score (nSPS) is 16.8. The molecule has 2 unspecified atom stereocenters. The number of sulfone groups is 1. The average molecular weight is 707 g/mol. The van der Waals surface area contributed by atoms with Crippen LogP contribution in [0.2, 0.25) is 0 Å². The van der Waals surface area contributed by atoms with Crippen LogP contribution in [0.15, 0.2) is 54.9 Å². The second kappa shape index (κ2) is 16.8. The minimum Gasteiger partial charge on any atom is -0.378 e. The molecule has 1 aromatic carbocycles. The minimum absolute atomic E-state index is 0.140. The Labute approximate surface area is 290 Å². The van der Waals surface area contributed by atoms with Crippen molar-refractivity contribution in [3.63, 3.8) is 0 Å². The second-order valence-electron chi connectivity index (χ2n) is 12.6. The Morgan fingerprint density at radius 2 is 1.72 bits per heavy atom. The number of pyridine rings is 2. The number of hydrogen-bond donors (Lipinski definition) is 2. The maximum Gasteiger partial charge on any atom is 0.253 e. The van der Waals surface area contributed by atoms with E-state index in [2.05, 4.69) is 20.6 Å². The number of carbonyl (C=O) groups excluding carboxylic acids is 5. The maximum atomic E-state index is 13.8. The lowest BCUT2D eigenvalue weighted by molar-refractivity contribution is -0.137.